The molecule has 0 aliphatic rings. The standard InChI is InChI=1S/C25H35N3O6/c1-17(2)28(13-20(29)15-33-22-7-3-18(4-8-22)11-24(26)31)14-21(30)16-34-23-9-5-19(6-10-23)12-25(27)32/h3-10,17,20-21,29-30H,11-16H2,1-2H3,(H2,26,31)(H2,27,32)/t20-,21-/m1/s1. The van der Waals surface area contributed by atoms with Crippen LogP contribution in [-0.4, -0.2) is 71.5 Å². The number of carbonyl (C=O) groups is 2. The third-order valence-electron chi connectivity index (χ3n) is 5.11. The van der Waals surface area contributed by atoms with E-state index in [9.17, 15) is 19.8 Å². The molecule has 0 aromatic heterocycles. The monoisotopic (exact) mass is 473 g/mol. The van der Waals surface area contributed by atoms with Gasteiger partial charge in [0.1, 0.15) is 36.9 Å². The highest BCUT2D eigenvalue weighted by molar-refractivity contribution is 5.77. The smallest absolute Gasteiger partial charge is 0.221 e. The largest absolute Gasteiger partial charge is 0.491 e. The molecular formula is C25H35N3O6. The van der Waals surface area contributed by atoms with Crippen LogP contribution in [0.1, 0.15) is 25.0 Å². The van der Waals surface area contributed by atoms with Gasteiger partial charge in [-0.25, -0.2) is 0 Å². The van der Waals surface area contributed by atoms with Crippen molar-refractivity contribution in [1.82, 2.24) is 4.90 Å². The van der Waals surface area contributed by atoms with Gasteiger partial charge in [0, 0.05) is 19.1 Å². The van der Waals surface area contributed by atoms with E-state index in [0.29, 0.717) is 24.6 Å². The van der Waals surface area contributed by atoms with Crippen LogP contribution in [0.5, 0.6) is 11.5 Å². The summed E-state index contributed by atoms with van der Waals surface area (Å²) in [6.45, 7) is 4.77. The first kappa shape index (κ1) is 27.1. The summed E-state index contributed by atoms with van der Waals surface area (Å²) in [5.74, 6) is 0.365. The van der Waals surface area contributed by atoms with Crippen LogP contribution in [0.25, 0.3) is 0 Å². The highest BCUT2D eigenvalue weighted by Crippen LogP contribution is 2.15. The first-order valence-corrected chi connectivity index (χ1v) is 11.2. The molecule has 186 valence electrons. The van der Waals surface area contributed by atoms with Crippen LogP contribution < -0.4 is 20.9 Å². The molecule has 2 aromatic rings. The van der Waals surface area contributed by atoms with Gasteiger partial charge in [-0.3, -0.25) is 14.5 Å². The summed E-state index contributed by atoms with van der Waals surface area (Å²) >= 11 is 0. The maximum Gasteiger partial charge on any atom is 0.221 e. The Bertz CT molecular complexity index is 830. The van der Waals surface area contributed by atoms with Crippen molar-refractivity contribution in [1.29, 1.82) is 0 Å². The lowest BCUT2D eigenvalue weighted by atomic mass is 10.1. The van der Waals surface area contributed by atoms with E-state index in [2.05, 4.69) is 0 Å². The van der Waals surface area contributed by atoms with Crippen LogP contribution in [0.2, 0.25) is 0 Å². The Morgan fingerprint density at radius 2 is 1.12 bits per heavy atom. The summed E-state index contributed by atoms with van der Waals surface area (Å²) in [5.41, 5.74) is 12.0. The van der Waals surface area contributed by atoms with E-state index < -0.39 is 24.0 Å². The summed E-state index contributed by atoms with van der Waals surface area (Å²) in [7, 11) is 0. The lowest BCUT2D eigenvalue weighted by Gasteiger charge is -2.30. The summed E-state index contributed by atoms with van der Waals surface area (Å²) in [4.78, 5) is 23.9. The number of nitrogens with zero attached hydrogens (tertiary/aromatic N) is 1. The molecule has 0 radical (unpaired) electrons. The molecule has 0 saturated heterocycles. The highest BCUT2D eigenvalue weighted by atomic mass is 16.5. The van der Waals surface area contributed by atoms with Crippen LogP contribution in [0, 0.1) is 0 Å². The van der Waals surface area contributed by atoms with E-state index in [1.165, 1.54) is 0 Å². The Labute approximate surface area is 200 Å². The molecule has 0 aliphatic carbocycles. The summed E-state index contributed by atoms with van der Waals surface area (Å²) in [6, 6.07) is 14.0. The average molecular weight is 474 g/mol. The Hall–Kier alpha value is -3.14. The fourth-order valence-electron chi connectivity index (χ4n) is 3.34. The topological polar surface area (TPSA) is 148 Å². The van der Waals surface area contributed by atoms with Crippen molar-refractivity contribution in [2.24, 2.45) is 11.5 Å². The Kier molecular flexibility index (Phi) is 10.8. The second-order valence-corrected chi connectivity index (χ2v) is 8.55. The maximum atomic E-state index is 11.0. The molecule has 2 atom stereocenters. The predicted octanol–water partition coefficient (Wildman–Crippen LogP) is 0.632. The van der Waals surface area contributed by atoms with Crippen molar-refractivity contribution >= 4 is 11.8 Å². The minimum absolute atomic E-state index is 0.0859. The molecule has 2 rings (SSSR count). The molecule has 6 N–H and O–H groups in total. The van der Waals surface area contributed by atoms with Crippen LogP contribution >= 0.6 is 0 Å². The number of ether oxygens (including phenoxy) is 2. The summed E-state index contributed by atoms with van der Waals surface area (Å²) < 4.78 is 11.3. The number of benzene rings is 2. The minimum Gasteiger partial charge on any atom is -0.491 e. The lowest BCUT2D eigenvalue weighted by Crippen LogP contribution is -2.45. The van der Waals surface area contributed by atoms with E-state index in [-0.39, 0.29) is 32.1 Å². The fourth-order valence-corrected chi connectivity index (χ4v) is 3.34. The number of rotatable bonds is 15. The second kappa shape index (κ2) is 13.5. The lowest BCUT2D eigenvalue weighted by molar-refractivity contribution is -0.118. The molecular weight excluding hydrogens is 438 g/mol. The van der Waals surface area contributed by atoms with Gasteiger partial charge in [0.25, 0.3) is 0 Å². The van der Waals surface area contributed by atoms with Crippen molar-refractivity contribution < 1.29 is 29.3 Å². The predicted molar refractivity (Wildman–Crippen MR) is 128 cm³/mol. The van der Waals surface area contributed by atoms with Gasteiger partial charge in [-0.05, 0) is 49.2 Å². The Balaban J connectivity index is 1.77. The number of hydrogen-bond donors (Lipinski definition) is 4. The number of aliphatic hydroxyl groups excluding tert-OH is 2. The molecule has 0 fully saturated rings. The number of primary amides is 2. The second-order valence-electron chi connectivity index (χ2n) is 8.55. The van der Waals surface area contributed by atoms with E-state index in [1.54, 1.807) is 48.5 Å². The maximum absolute atomic E-state index is 11.0. The minimum atomic E-state index is -0.765. The van der Waals surface area contributed by atoms with Gasteiger partial charge < -0.3 is 31.2 Å². The van der Waals surface area contributed by atoms with E-state index >= 15 is 0 Å². The Morgan fingerprint density at radius 3 is 1.41 bits per heavy atom. The number of hydrogen-bond acceptors (Lipinski definition) is 7. The van der Waals surface area contributed by atoms with E-state index in [4.69, 9.17) is 20.9 Å². The van der Waals surface area contributed by atoms with Crippen molar-refractivity contribution in [3.05, 3.63) is 59.7 Å². The van der Waals surface area contributed by atoms with Gasteiger partial charge in [0.15, 0.2) is 0 Å². The fraction of sp³-hybridized carbons (Fsp3) is 0.440. The average Bonchev–Trinajstić information content (AvgIpc) is 2.77. The molecule has 2 aromatic carbocycles. The molecule has 0 unspecified atom stereocenters. The van der Waals surface area contributed by atoms with Crippen molar-refractivity contribution in [3.63, 3.8) is 0 Å². The van der Waals surface area contributed by atoms with Gasteiger partial charge in [-0.15, -0.1) is 0 Å². The van der Waals surface area contributed by atoms with Gasteiger partial charge in [-0.1, -0.05) is 24.3 Å². The molecule has 0 heterocycles. The SMILES string of the molecule is CC(C)N(C[C@@H](O)COc1ccc(CC(N)=O)cc1)C[C@@H](O)COc1ccc(CC(N)=O)cc1. The highest BCUT2D eigenvalue weighted by Gasteiger charge is 2.19. The van der Waals surface area contributed by atoms with Gasteiger partial charge in [-0.2, -0.15) is 0 Å². The zero-order valence-electron chi connectivity index (χ0n) is 19.7. The van der Waals surface area contributed by atoms with E-state index in [0.717, 1.165) is 11.1 Å². The van der Waals surface area contributed by atoms with Crippen LogP contribution in [0.4, 0.5) is 0 Å². The molecule has 2 amide bonds. The number of aliphatic hydroxyl groups is 2. The molecule has 9 nitrogen and oxygen atoms in total. The van der Waals surface area contributed by atoms with Crippen LogP contribution in [0.3, 0.4) is 0 Å². The normalized spacial score (nSPS) is 13.0. The molecule has 0 bridgehead atoms. The quantitative estimate of drug-likeness (QED) is 0.296. The number of amides is 2. The first-order valence-electron chi connectivity index (χ1n) is 11.2. The molecule has 0 aliphatic heterocycles. The van der Waals surface area contributed by atoms with E-state index in [1.807, 2.05) is 18.7 Å². The van der Waals surface area contributed by atoms with Crippen LogP contribution in [-0.2, 0) is 22.4 Å². The number of nitrogens with two attached hydrogens (primary N) is 2. The molecule has 34 heavy (non-hydrogen) atoms. The van der Waals surface area contributed by atoms with Crippen molar-refractivity contribution in [2.75, 3.05) is 26.3 Å². The zero-order chi connectivity index (χ0) is 25.1. The third kappa shape index (κ3) is 10.2. The Morgan fingerprint density at radius 1 is 0.765 bits per heavy atom. The molecule has 0 saturated carbocycles. The zero-order valence-corrected chi connectivity index (χ0v) is 19.7. The first-order chi connectivity index (χ1) is 16.1. The number of carbonyl (C=O) groups excluding carboxylic acids is 2. The summed E-state index contributed by atoms with van der Waals surface area (Å²) in [6.07, 6.45) is -1.20. The molecule has 9 heteroatoms. The van der Waals surface area contributed by atoms with Gasteiger partial charge in [0.2, 0.25) is 11.8 Å². The van der Waals surface area contributed by atoms with Gasteiger partial charge >= 0.3 is 0 Å². The molecule has 0 spiro atoms. The van der Waals surface area contributed by atoms with Crippen molar-refractivity contribution in [2.45, 2.75) is 44.9 Å². The van der Waals surface area contributed by atoms with Gasteiger partial charge in [0.05, 0.1) is 12.8 Å². The van der Waals surface area contributed by atoms with Crippen molar-refractivity contribution in [3.8, 4) is 11.5 Å². The van der Waals surface area contributed by atoms with Crippen LogP contribution in [0.15, 0.2) is 48.5 Å². The third-order valence-corrected chi connectivity index (χ3v) is 5.11. The summed E-state index contributed by atoms with van der Waals surface area (Å²) in [5, 5.41) is 20.9.